The zero-order valence-corrected chi connectivity index (χ0v) is 30.7. The predicted octanol–water partition coefficient (Wildman–Crippen LogP) is 5.54. The summed E-state index contributed by atoms with van der Waals surface area (Å²) in [6.07, 6.45) is -0.502. The Morgan fingerprint density at radius 2 is 1.75 bits per heavy atom. The fraction of sp³-hybridized carbons (Fsp3) is 0.459. The molecule has 4 N–H and O–H groups in total. The van der Waals surface area contributed by atoms with E-state index < -0.39 is 35.7 Å². The van der Waals surface area contributed by atoms with Gasteiger partial charge in [0.15, 0.2) is 0 Å². The van der Waals surface area contributed by atoms with Crippen molar-refractivity contribution in [3.63, 3.8) is 0 Å². The first kappa shape index (κ1) is 36.8. The molecule has 8 nitrogen and oxygen atoms in total. The van der Waals surface area contributed by atoms with Gasteiger partial charge in [-0.25, -0.2) is 0 Å². The van der Waals surface area contributed by atoms with Gasteiger partial charge in [0, 0.05) is 55.1 Å². The Bertz CT molecular complexity index is 1590. The maximum Gasteiger partial charge on any atom is 0.239 e. The number of fused-ring (bicyclic) bond motifs is 1. The van der Waals surface area contributed by atoms with Crippen LogP contribution in [-0.4, -0.2) is 81.8 Å². The van der Waals surface area contributed by atoms with Crippen molar-refractivity contribution in [2.75, 3.05) is 26.2 Å². The predicted molar refractivity (Wildman–Crippen MR) is 194 cm³/mol. The molecule has 0 radical (unpaired) electrons. The molecule has 2 amide bonds. The number of β-amino-alcohol motifs (C(OH)–C–C–N with tert-alkyl or cyclic N) is 1. The number of halogens is 3. The van der Waals surface area contributed by atoms with Gasteiger partial charge in [0.25, 0.3) is 0 Å². The molecule has 5 rings (SSSR count). The van der Waals surface area contributed by atoms with Gasteiger partial charge in [0.05, 0.1) is 28.3 Å². The van der Waals surface area contributed by atoms with Crippen LogP contribution >= 0.6 is 39.1 Å². The largest absolute Gasteiger partial charge is 0.392 e. The zero-order valence-electron chi connectivity index (χ0n) is 27.6. The van der Waals surface area contributed by atoms with Gasteiger partial charge in [-0.1, -0.05) is 81.6 Å². The van der Waals surface area contributed by atoms with Crippen molar-refractivity contribution in [2.24, 2.45) is 5.92 Å². The first-order valence-corrected chi connectivity index (χ1v) is 18.0. The molecule has 48 heavy (non-hydrogen) atoms. The van der Waals surface area contributed by atoms with Gasteiger partial charge >= 0.3 is 0 Å². The molecule has 0 bridgehead atoms. The molecule has 1 aliphatic heterocycles. The number of carbonyl (C=O) groups is 2. The SMILES string of the molecule is CC(C)(C)NC(=O)[C@@H]1CN(Cc2ccc(Cl)c(Cl)c2)CCN1C[C@@H](O)C[C@@H](Cc1ccccc1)C(=O)N[C@H]1c2cc(Br)ccc2C[C@H]1O. The normalized spacial score (nSPS) is 21.4. The first-order chi connectivity index (χ1) is 22.8. The van der Waals surface area contributed by atoms with E-state index in [1.54, 1.807) is 6.07 Å². The van der Waals surface area contributed by atoms with E-state index in [9.17, 15) is 19.8 Å². The zero-order chi connectivity index (χ0) is 34.6. The highest BCUT2D eigenvalue weighted by atomic mass is 79.9. The molecule has 1 fully saturated rings. The number of nitrogens with zero attached hydrogens (tertiary/aromatic N) is 2. The van der Waals surface area contributed by atoms with Crippen LogP contribution in [0.4, 0.5) is 0 Å². The quantitative estimate of drug-likeness (QED) is 0.205. The van der Waals surface area contributed by atoms with Gasteiger partial charge < -0.3 is 20.8 Å². The lowest BCUT2D eigenvalue weighted by molar-refractivity contribution is -0.132. The standard InChI is InChI=1S/C37H45BrCl2N4O4/c1-37(2,3)42-36(48)32-22-43(20-24-9-12-30(39)31(40)16-24)13-14-44(32)21-28(45)17-26(15-23-7-5-4-6-8-23)35(47)41-34-29-19-27(38)11-10-25(29)18-33(34)46/h4-12,16,19,26,28,32-34,45-46H,13-15,17-18,20-22H2,1-3H3,(H,41,47)(H,42,48)/t26-,28+,32+,33-,34+/m1/s1. The molecule has 3 aromatic carbocycles. The van der Waals surface area contributed by atoms with E-state index in [-0.39, 0.29) is 24.8 Å². The van der Waals surface area contributed by atoms with Gasteiger partial charge in [-0.15, -0.1) is 0 Å². The monoisotopic (exact) mass is 758 g/mol. The Labute approximate surface area is 301 Å². The van der Waals surface area contributed by atoms with Crippen molar-refractivity contribution in [3.05, 3.63) is 104 Å². The van der Waals surface area contributed by atoms with Crippen molar-refractivity contribution in [3.8, 4) is 0 Å². The maximum absolute atomic E-state index is 13.9. The van der Waals surface area contributed by atoms with Crippen LogP contribution in [0, 0.1) is 5.92 Å². The smallest absolute Gasteiger partial charge is 0.239 e. The minimum absolute atomic E-state index is 0.104. The lowest BCUT2D eigenvalue weighted by Gasteiger charge is -2.42. The minimum Gasteiger partial charge on any atom is -0.392 e. The molecular weight excluding hydrogens is 715 g/mol. The first-order valence-electron chi connectivity index (χ1n) is 16.5. The minimum atomic E-state index is -0.869. The molecule has 0 unspecified atom stereocenters. The average molecular weight is 761 g/mol. The van der Waals surface area contributed by atoms with Crippen molar-refractivity contribution < 1.29 is 19.8 Å². The van der Waals surface area contributed by atoms with Gasteiger partial charge in [-0.3, -0.25) is 19.4 Å². The summed E-state index contributed by atoms with van der Waals surface area (Å²) in [7, 11) is 0. The number of amides is 2. The van der Waals surface area contributed by atoms with Crippen LogP contribution in [-0.2, 0) is 29.0 Å². The van der Waals surface area contributed by atoms with Crippen LogP contribution in [0.1, 0.15) is 55.5 Å². The van der Waals surface area contributed by atoms with Crippen LogP contribution in [0.15, 0.2) is 71.2 Å². The number of piperazine rings is 1. The third-order valence-electron chi connectivity index (χ3n) is 9.02. The molecule has 11 heteroatoms. The highest BCUT2D eigenvalue weighted by Crippen LogP contribution is 2.34. The summed E-state index contributed by atoms with van der Waals surface area (Å²) < 4.78 is 0.882. The number of carbonyl (C=O) groups excluding carboxylic acids is 2. The maximum atomic E-state index is 13.9. The van der Waals surface area contributed by atoms with Crippen LogP contribution in [0.2, 0.25) is 10.0 Å². The van der Waals surface area contributed by atoms with E-state index in [4.69, 9.17) is 23.2 Å². The van der Waals surface area contributed by atoms with E-state index in [0.29, 0.717) is 49.1 Å². The lowest BCUT2D eigenvalue weighted by atomic mass is 9.91. The summed E-state index contributed by atoms with van der Waals surface area (Å²) in [6.45, 7) is 8.42. The Morgan fingerprint density at radius 3 is 2.46 bits per heavy atom. The molecule has 0 aromatic heterocycles. The van der Waals surface area contributed by atoms with Gasteiger partial charge in [0.1, 0.15) is 6.04 Å². The molecule has 2 aliphatic rings. The van der Waals surface area contributed by atoms with E-state index in [1.165, 1.54) is 0 Å². The van der Waals surface area contributed by atoms with Crippen molar-refractivity contribution in [1.29, 1.82) is 0 Å². The molecule has 5 atom stereocenters. The van der Waals surface area contributed by atoms with Crippen LogP contribution < -0.4 is 10.6 Å². The van der Waals surface area contributed by atoms with Gasteiger partial charge in [0.2, 0.25) is 11.8 Å². The Hall–Kier alpha value is -2.50. The van der Waals surface area contributed by atoms with E-state index in [2.05, 4.69) is 31.5 Å². The second-order valence-electron chi connectivity index (χ2n) is 14.1. The second kappa shape index (κ2) is 16.0. The number of rotatable bonds is 11. The van der Waals surface area contributed by atoms with E-state index >= 15 is 0 Å². The summed E-state index contributed by atoms with van der Waals surface area (Å²) in [5.41, 5.74) is 3.47. The molecule has 1 aliphatic carbocycles. The third kappa shape index (κ3) is 9.81. The van der Waals surface area contributed by atoms with E-state index in [0.717, 1.165) is 26.7 Å². The molecule has 1 saturated heterocycles. The van der Waals surface area contributed by atoms with Crippen molar-refractivity contribution >= 4 is 50.9 Å². The van der Waals surface area contributed by atoms with Crippen molar-refractivity contribution in [2.45, 2.75) is 76.4 Å². The van der Waals surface area contributed by atoms with Gasteiger partial charge in [-0.05, 0) is 80.1 Å². The fourth-order valence-electron chi connectivity index (χ4n) is 6.73. The fourth-order valence-corrected chi connectivity index (χ4v) is 7.43. The van der Waals surface area contributed by atoms with Gasteiger partial charge in [-0.2, -0.15) is 0 Å². The Balaban J connectivity index is 1.30. The Kier molecular flexibility index (Phi) is 12.3. The highest BCUT2D eigenvalue weighted by Gasteiger charge is 2.37. The lowest BCUT2D eigenvalue weighted by Crippen LogP contribution is -2.61. The number of aliphatic hydroxyl groups excluding tert-OH is 2. The molecule has 3 aromatic rings. The Morgan fingerprint density at radius 1 is 1.00 bits per heavy atom. The van der Waals surface area contributed by atoms with E-state index in [1.807, 2.05) is 86.3 Å². The number of benzene rings is 3. The summed E-state index contributed by atoms with van der Waals surface area (Å²) >= 11 is 15.9. The molecular formula is C37H45BrCl2N4O4. The summed E-state index contributed by atoms with van der Waals surface area (Å²) in [5.74, 6) is -0.876. The molecule has 258 valence electrons. The highest BCUT2D eigenvalue weighted by molar-refractivity contribution is 9.10. The number of aliphatic hydroxyl groups is 2. The van der Waals surface area contributed by atoms with Crippen LogP contribution in [0.5, 0.6) is 0 Å². The van der Waals surface area contributed by atoms with Crippen LogP contribution in [0.25, 0.3) is 0 Å². The molecule has 1 heterocycles. The summed E-state index contributed by atoms with van der Waals surface area (Å²) in [6, 6.07) is 20.1. The topological polar surface area (TPSA) is 105 Å². The summed E-state index contributed by atoms with van der Waals surface area (Å²) in [5, 5.41) is 29.6. The molecule has 0 saturated carbocycles. The number of hydrogen-bond donors (Lipinski definition) is 4. The van der Waals surface area contributed by atoms with Crippen LogP contribution in [0.3, 0.4) is 0 Å². The second-order valence-corrected chi connectivity index (χ2v) is 15.8. The summed E-state index contributed by atoms with van der Waals surface area (Å²) in [4.78, 5) is 31.8. The average Bonchev–Trinajstić information content (AvgIpc) is 3.32. The van der Waals surface area contributed by atoms with Crippen molar-refractivity contribution in [1.82, 2.24) is 20.4 Å². The number of hydrogen-bond acceptors (Lipinski definition) is 6. The number of nitrogens with one attached hydrogen (secondary N) is 2. The third-order valence-corrected chi connectivity index (χ3v) is 10.3. The molecule has 0 spiro atoms.